The number of nitrogens with zero attached hydrogens (tertiary/aromatic N) is 2. The summed E-state index contributed by atoms with van der Waals surface area (Å²) in [6.07, 6.45) is 4.77. The summed E-state index contributed by atoms with van der Waals surface area (Å²) in [7, 11) is 0. The third-order valence-electron chi connectivity index (χ3n) is 2.53. The summed E-state index contributed by atoms with van der Waals surface area (Å²) in [5, 5.41) is 5.27. The summed E-state index contributed by atoms with van der Waals surface area (Å²) in [6.45, 7) is 3.92. The monoisotopic (exact) mass is 327 g/mol. The molecule has 0 unspecified atom stereocenters. The average molecular weight is 328 g/mol. The van der Waals surface area contributed by atoms with Crippen molar-refractivity contribution in [2.75, 3.05) is 6.54 Å². The molecular formula is C14H15Cl2N3S. The SMILES string of the molecule is CCCNCc1cnc(Sc2cc(Cl)ccc2Cl)nc1. The minimum atomic E-state index is 0.650. The zero-order valence-corrected chi connectivity index (χ0v) is 13.4. The molecule has 0 saturated carbocycles. The zero-order valence-electron chi connectivity index (χ0n) is 11.1. The molecule has 20 heavy (non-hydrogen) atoms. The van der Waals surface area contributed by atoms with Crippen molar-refractivity contribution in [3.63, 3.8) is 0 Å². The van der Waals surface area contributed by atoms with Crippen LogP contribution in [0.1, 0.15) is 18.9 Å². The molecule has 1 heterocycles. The van der Waals surface area contributed by atoms with Crippen molar-refractivity contribution in [2.24, 2.45) is 0 Å². The van der Waals surface area contributed by atoms with E-state index in [1.165, 1.54) is 11.8 Å². The molecule has 0 aliphatic heterocycles. The van der Waals surface area contributed by atoms with Crippen molar-refractivity contribution >= 4 is 35.0 Å². The van der Waals surface area contributed by atoms with Crippen molar-refractivity contribution in [1.82, 2.24) is 15.3 Å². The molecule has 1 aromatic heterocycles. The summed E-state index contributed by atoms with van der Waals surface area (Å²) in [6, 6.07) is 5.35. The van der Waals surface area contributed by atoms with Gasteiger partial charge in [-0.3, -0.25) is 0 Å². The fourth-order valence-electron chi connectivity index (χ4n) is 1.55. The van der Waals surface area contributed by atoms with Gasteiger partial charge in [0.25, 0.3) is 0 Å². The fourth-order valence-corrected chi connectivity index (χ4v) is 2.78. The van der Waals surface area contributed by atoms with Crippen LogP contribution in [0.3, 0.4) is 0 Å². The largest absolute Gasteiger partial charge is 0.313 e. The van der Waals surface area contributed by atoms with Gasteiger partial charge in [0.1, 0.15) is 0 Å². The number of benzene rings is 1. The van der Waals surface area contributed by atoms with Gasteiger partial charge in [0.15, 0.2) is 5.16 Å². The highest BCUT2D eigenvalue weighted by atomic mass is 35.5. The molecule has 0 aliphatic carbocycles. The van der Waals surface area contributed by atoms with Gasteiger partial charge in [-0.2, -0.15) is 0 Å². The first-order valence-electron chi connectivity index (χ1n) is 6.33. The van der Waals surface area contributed by atoms with Crippen LogP contribution in [-0.4, -0.2) is 16.5 Å². The zero-order chi connectivity index (χ0) is 14.4. The molecule has 2 aromatic rings. The molecule has 106 valence electrons. The smallest absolute Gasteiger partial charge is 0.192 e. The number of nitrogens with one attached hydrogen (secondary N) is 1. The van der Waals surface area contributed by atoms with Crippen LogP contribution in [0.5, 0.6) is 0 Å². The normalized spacial score (nSPS) is 10.8. The van der Waals surface area contributed by atoms with Gasteiger partial charge in [0.2, 0.25) is 0 Å². The molecule has 0 aliphatic rings. The Hall–Kier alpha value is -0.810. The van der Waals surface area contributed by atoms with Crippen LogP contribution in [0.25, 0.3) is 0 Å². The second-order valence-electron chi connectivity index (χ2n) is 4.23. The molecule has 0 fully saturated rings. The van der Waals surface area contributed by atoms with E-state index in [-0.39, 0.29) is 0 Å². The van der Waals surface area contributed by atoms with Crippen LogP contribution < -0.4 is 5.32 Å². The number of rotatable bonds is 6. The first-order chi connectivity index (χ1) is 9.69. The van der Waals surface area contributed by atoms with E-state index in [1.807, 2.05) is 18.5 Å². The first-order valence-corrected chi connectivity index (χ1v) is 7.91. The summed E-state index contributed by atoms with van der Waals surface area (Å²) >= 11 is 13.5. The minimum Gasteiger partial charge on any atom is -0.313 e. The molecule has 0 atom stereocenters. The van der Waals surface area contributed by atoms with Gasteiger partial charge in [-0.25, -0.2) is 9.97 Å². The van der Waals surface area contributed by atoms with E-state index in [9.17, 15) is 0 Å². The Bertz CT molecular complexity index is 561. The van der Waals surface area contributed by atoms with Crippen molar-refractivity contribution in [3.8, 4) is 0 Å². The molecule has 1 aromatic carbocycles. The van der Waals surface area contributed by atoms with Crippen LogP contribution in [-0.2, 0) is 6.54 Å². The Morgan fingerprint density at radius 2 is 1.95 bits per heavy atom. The minimum absolute atomic E-state index is 0.650. The van der Waals surface area contributed by atoms with Crippen molar-refractivity contribution in [2.45, 2.75) is 29.9 Å². The van der Waals surface area contributed by atoms with Gasteiger partial charge in [-0.1, -0.05) is 30.1 Å². The molecule has 0 saturated heterocycles. The Morgan fingerprint density at radius 1 is 1.20 bits per heavy atom. The summed E-state index contributed by atoms with van der Waals surface area (Å²) in [4.78, 5) is 9.52. The van der Waals surface area contributed by atoms with E-state index in [0.717, 1.165) is 30.0 Å². The molecule has 2 rings (SSSR count). The lowest BCUT2D eigenvalue weighted by Gasteiger charge is -2.05. The van der Waals surface area contributed by atoms with Gasteiger partial charge in [0.05, 0.1) is 5.02 Å². The Balaban J connectivity index is 2.01. The number of hydrogen-bond donors (Lipinski definition) is 1. The van der Waals surface area contributed by atoms with Crippen LogP contribution >= 0.6 is 35.0 Å². The average Bonchev–Trinajstić information content (AvgIpc) is 2.45. The molecule has 0 radical (unpaired) electrons. The number of aromatic nitrogens is 2. The second kappa shape index (κ2) is 7.84. The first kappa shape index (κ1) is 15.6. The molecule has 1 N–H and O–H groups in total. The second-order valence-corrected chi connectivity index (χ2v) is 6.08. The van der Waals surface area contributed by atoms with Gasteiger partial charge in [-0.15, -0.1) is 0 Å². The predicted molar refractivity (Wildman–Crippen MR) is 84.6 cm³/mol. The Labute approximate surface area is 133 Å². The predicted octanol–water partition coefficient (Wildman–Crippen LogP) is 4.43. The third kappa shape index (κ3) is 4.63. The molecule has 3 nitrogen and oxygen atoms in total. The lowest BCUT2D eigenvalue weighted by molar-refractivity contribution is 0.669. The standard InChI is InChI=1S/C14H15Cl2N3S/c1-2-5-17-7-10-8-18-14(19-9-10)20-13-6-11(15)3-4-12(13)16/h3-4,6,8-9,17H,2,5,7H2,1H3. The lowest BCUT2D eigenvalue weighted by atomic mass is 10.3. The fraction of sp³-hybridized carbons (Fsp3) is 0.286. The van der Waals surface area contributed by atoms with Gasteiger partial charge in [-0.05, 0) is 42.9 Å². The van der Waals surface area contributed by atoms with Crippen LogP contribution in [0.15, 0.2) is 40.6 Å². The van der Waals surface area contributed by atoms with Crippen LogP contribution in [0, 0.1) is 0 Å². The van der Waals surface area contributed by atoms with E-state index >= 15 is 0 Å². The molecule has 0 spiro atoms. The topological polar surface area (TPSA) is 37.8 Å². The molecule has 0 amide bonds. The molecule has 0 bridgehead atoms. The van der Waals surface area contributed by atoms with Crippen molar-refractivity contribution < 1.29 is 0 Å². The summed E-state index contributed by atoms with van der Waals surface area (Å²) in [5.74, 6) is 0. The van der Waals surface area contributed by atoms with Gasteiger partial charge in [0, 0.05) is 34.4 Å². The summed E-state index contributed by atoms with van der Waals surface area (Å²) < 4.78 is 0. The van der Waals surface area contributed by atoms with Crippen molar-refractivity contribution in [1.29, 1.82) is 0 Å². The van der Waals surface area contributed by atoms with Crippen LogP contribution in [0.2, 0.25) is 10.0 Å². The maximum atomic E-state index is 6.12. The number of hydrogen-bond acceptors (Lipinski definition) is 4. The number of halogens is 2. The van der Waals surface area contributed by atoms with E-state index in [0.29, 0.717) is 15.2 Å². The molecule has 6 heteroatoms. The molecular weight excluding hydrogens is 313 g/mol. The quantitative estimate of drug-likeness (QED) is 0.629. The van der Waals surface area contributed by atoms with E-state index < -0.39 is 0 Å². The van der Waals surface area contributed by atoms with E-state index in [2.05, 4.69) is 22.2 Å². The van der Waals surface area contributed by atoms with Gasteiger partial charge >= 0.3 is 0 Å². The Kier molecular flexibility index (Phi) is 6.10. The maximum Gasteiger partial charge on any atom is 0.192 e. The highest BCUT2D eigenvalue weighted by molar-refractivity contribution is 7.99. The third-order valence-corrected chi connectivity index (χ3v) is 4.16. The Morgan fingerprint density at radius 3 is 2.65 bits per heavy atom. The van der Waals surface area contributed by atoms with E-state index in [4.69, 9.17) is 23.2 Å². The van der Waals surface area contributed by atoms with Crippen molar-refractivity contribution in [3.05, 3.63) is 46.2 Å². The highest BCUT2D eigenvalue weighted by Crippen LogP contribution is 2.33. The highest BCUT2D eigenvalue weighted by Gasteiger charge is 2.06. The van der Waals surface area contributed by atoms with E-state index in [1.54, 1.807) is 12.1 Å². The maximum absolute atomic E-state index is 6.12. The summed E-state index contributed by atoms with van der Waals surface area (Å²) in [5.41, 5.74) is 1.07. The van der Waals surface area contributed by atoms with Crippen LogP contribution in [0.4, 0.5) is 0 Å². The van der Waals surface area contributed by atoms with Gasteiger partial charge < -0.3 is 5.32 Å². The lowest BCUT2D eigenvalue weighted by Crippen LogP contribution is -2.14.